The van der Waals surface area contributed by atoms with E-state index in [0.717, 1.165) is 16.7 Å². The van der Waals surface area contributed by atoms with E-state index < -0.39 is 0 Å². The van der Waals surface area contributed by atoms with Crippen molar-refractivity contribution in [3.63, 3.8) is 0 Å². The van der Waals surface area contributed by atoms with Gasteiger partial charge in [-0.25, -0.2) is 0 Å². The summed E-state index contributed by atoms with van der Waals surface area (Å²) in [6.07, 6.45) is 0. The number of rotatable bonds is 9. The highest BCUT2D eigenvalue weighted by atomic mass is 15.2. The monoisotopic (exact) mass is 410 g/mol. The maximum absolute atomic E-state index is 8.89. The summed E-state index contributed by atoms with van der Waals surface area (Å²) in [6.45, 7) is 1.39. The van der Waals surface area contributed by atoms with Crippen LogP contribution in [0.4, 0.5) is 17.1 Å². The molecular formula is C21H18N10. The second kappa shape index (κ2) is 10.9. The highest BCUT2D eigenvalue weighted by Gasteiger charge is 2.14. The SMILES string of the molecule is [N-]=[N+]=Nc1ccccc1CN(Cc1ccccc1N=[N+]=[N-])Cc1ccccc1N=[N+]=[N-]. The summed E-state index contributed by atoms with van der Waals surface area (Å²) >= 11 is 0. The van der Waals surface area contributed by atoms with Gasteiger partial charge in [0.2, 0.25) is 0 Å². The fourth-order valence-corrected chi connectivity index (χ4v) is 3.26. The molecule has 10 nitrogen and oxygen atoms in total. The Bertz CT molecular complexity index is 1050. The minimum absolute atomic E-state index is 0.463. The van der Waals surface area contributed by atoms with Gasteiger partial charge in [0.25, 0.3) is 0 Å². The second-order valence-corrected chi connectivity index (χ2v) is 6.60. The van der Waals surface area contributed by atoms with E-state index >= 15 is 0 Å². The van der Waals surface area contributed by atoms with Gasteiger partial charge < -0.3 is 0 Å². The molecule has 0 aliphatic heterocycles. The summed E-state index contributed by atoms with van der Waals surface area (Å²) in [5.74, 6) is 0. The summed E-state index contributed by atoms with van der Waals surface area (Å²) in [5.41, 5.74) is 30.9. The van der Waals surface area contributed by atoms with Crippen molar-refractivity contribution in [1.82, 2.24) is 4.90 Å². The van der Waals surface area contributed by atoms with Gasteiger partial charge in [-0.2, -0.15) is 0 Å². The zero-order valence-electron chi connectivity index (χ0n) is 16.5. The van der Waals surface area contributed by atoms with Gasteiger partial charge in [-0.1, -0.05) is 88.1 Å². The molecule has 0 saturated heterocycles. The molecule has 0 radical (unpaired) electrons. The molecule has 0 atom stereocenters. The number of hydrogen-bond acceptors (Lipinski definition) is 4. The average Bonchev–Trinajstić information content (AvgIpc) is 2.78. The van der Waals surface area contributed by atoms with Crippen LogP contribution in [-0.2, 0) is 19.6 Å². The van der Waals surface area contributed by atoms with Crippen molar-refractivity contribution in [3.8, 4) is 0 Å². The van der Waals surface area contributed by atoms with Crippen LogP contribution in [-0.4, -0.2) is 4.90 Å². The molecule has 0 fully saturated rings. The molecular weight excluding hydrogens is 392 g/mol. The number of nitrogens with zero attached hydrogens (tertiary/aromatic N) is 10. The van der Waals surface area contributed by atoms with E-state index in [2.05, 4.69) is 35.0 Å². The van der Waals surface area contributed by atoms with Gasteiger partial charge in [0.05, 0.1) is 0 Å². The average molecular weight is 410 g/mol. The van der Waals surface area contributed by atoms with Crippen LogP contribution in [0, 0.1) is 0 Å². The van der Waals surface area contributed by atoms with Crippen molar-refractivity contribution in [3.05, 3.63) is 121 Å². The molecule has 0 spiro atoms. The van der Waals surface area contributed by atoms with E-state index in [4.69, 9.17) is 16.6 Å². The highest BCUT2D eigenvalue weighted by molar-refractivity contribution is 5.48. The maximum atomic E-state index is 8.89. The molecule has 0 saturated carbocycles. The lowest BCUT2D eigenvalue weighted by Crippen LogP contribution is -2.22. The van der Waals surface area contributed by atoms with Crippen LogP contribution in [0.5, 0.6) is 0 Å². The Balaban J connectivity index is 1.99. The smallest absolute Gasteiger partial charge is 0.0420 e. The van der Waals surface area contributed by atoms with Crippen molar-refractivity contribution in [2.24, 2.45) is 15.3 Å². The molecule has 3 aromatic carbocycles. The van der Waals surface area contributed by atoms with Crippen molar-refractivity contribution in [2.45, 2.75) is 19.6 Å². The molecule has 0 amide bonds. The van der Waals surface area contributed by atoms with E-state index in [1.807, 2.05) is 54.6 Å². The molecule has 0 aliphatic carbocycles. The predicted octanol–water partition coefficient (Wildman–Crippen LogP) is 7.71. The summed E-state index contributed by atoms with van der Waals surface area (Å²) in [6, 6.07) is 22.0. The van der Waals surface area contributed by atoms with Gasteiger partial charge in [-0.3, -0.25) is 4.90 Å². The van der Waals surface area contributed by atoms with Crippen molar-refractivity contribution >= 4 is 17.1 Å². The lowest BCUT2D eigenvalue weighted by Gasteiger charge is -2.25. The molecule has 0 aromatic heterocycles. The molecule has 0 N–H and O–H groups in total. The van der Waals surface area contributed by atoms with E-state index in [0.29, 0.717) is 36.7 Å². The molecule has 0 unspecified atom stereocenters. The summed E-state index contributed by atoms with van der Waals surface area (Å²) < 4.78 is 0. The Kier molecular flexibility index (Phi) is 7.49. The van der Waals surface area contributed by atoms with Crippen molar-refractivity contribution in [1.29, 1.82) is 0 Å². The van der Waals surface area contributed by atoms with Crippen molar-refractivity contribution in [2.75, 3.05) is 0 Å². The predicted molar refractivity (Wildman–Crippen MR) is 119 cm³/mol. The van der Waals surface area contributed by atoms with Gasteiger partial charge in [-0.15, -0.1) is 0 Å². The van der Waals surface area contributed by atoms with Gasteiger partial charge in [-0.05, 0) is 33.3 Å². The normalized spacial score (nSPS) is 9.97. The Labute approximate surface area is 178 Å². The van der Waals surface area contributed by atoms with Gasteiger partial charge in [0.15, 0.2) is 0 Å². The standard InChI is InChI=1S/C21H18N10/c22-28-25-19-10-4-1-7-16(19)13-31(14-17-8-2-5-11-20(17)26-29-23)15-18-9-3-6-12-21(18)27-30-24/h1-12H,13-15H2. The summed E-state index contributed by atoms with van der Waals surface area (Å²) in [5, 5.41) is 11.4. The fraction of sp³-hybridized carbons (Fsp3) is 0.143. The molecule has 3 aromatic rings. The summed E-state index contributed by atoms with van der Waals surface area (Å²) in [7, 11) is 0. The molecule has 0 aliphatic rings. The van der Waals surface area contributed by atoms with Crippen LogP contribution < -0.4 is 0 Å². The molecule has 3 rings (SSSR count). The Morgan fingerprint density at radius 2 is 0.806 bits per heavy atom. The Morgan fingerprint density at radius 1 is 0.516 bits per heavy atom. The highest BCUT2D eigenvalue weighted by Crippen LogP contribution is 2.28. The van der Waals surface area contributed by atoms with Gasteiger partial charge in [0.1, 0.15) is 0 Å². The van der Waals surface area contributed by atoms with E-state index in [1.165, 1.54) is 0 Å². The third-order valence-corrected chi connectivity index (χ3v) is 4.61. The topological polar surface area (TPSA) is 150 Å². The number of benzene rings is 3. The number of azide groups is 3. The van der Waals surface area contributed by atoms with Crippen LogP contribution in [0.1, 0.15) is 16.7 Å². The minimum Gasteiger partial charge on any atom is -0.291 e. The molecule has 152 valence electrons. The van der Waals surface area contributed by atoms with Gasteiger partial charge in [0, 0.05) is 51.4 Å². The Morgan fingerprint density at radius 3 is 1.10 bits per heavy atom. The fourth-order valence-electron chi connectivity index (χ4n) is 3.26. The number of hydrogen-bond donors (Lipinski definition) is 0. The molecule has 31 heavy (non-hydrogen) atoms. The third-order valence-electron chi connectivity index (χ3n) is 4.61. The first-order valence-corrected chi connectivity index (χ1v) is 9.36. The molecule has 0 heterocycles. The van der Waals surface area contributed by atoms with E-state index in [-0.39, 0.29) is 0 Å². The summed E-state index contributed by atoms with van der Waals surface area (Å²) in [4.78, 5) is 10.8. The van der Waals surface area contributed by atoms with E-state index in [9.17, 15) is 0 Å². The lowest BCUT2D eigenvalue weighted by atomic mass is 10.1. The van der Waals surface area contributed by atoms with E-state index in [1.54, 1.807) is 18.2 Å². The molecule has 10 heteroatoms. The quantitative estimate of drug-likeness (QED) is 0.198. The zero-order valence-corrected chi connectivity index (χ0v) is 16.5. The lowest BCUT2D eigenvalue weighted by molar-refractivity contribution is 0.248. The second-order valence-electron chi connectivity index (χ2n) is 6.60. The van der Waals surface area contributed by atoms with Crippen LogP contribution in [0.3, 0.4) is 0 Å². The first-order valence-electron chi connectivity index (χ1n) is 9.36. The third kappa shape index (κ3) is 5.77. The van der Waals surface area contributed by atoms with Crippen LogP contribution in [0.2, 0.25) is 0 Å². The first-order chi connectivity index (χ1) is 15.2. The van der Waals surface area contributed by atoms with Crippen LogP contribution in [0.25, 0.3) is 31.3 Å². The van der Waals surface area contributed by atoms with Crippen LogP contribution in [0.15, 0.2) is 88.1 Å². The largest absolute Gasteiger partial charge is 0.291 e. The zero-order chi connectivity index (χ0) is 21.9. The van der Waals surface area contributed by atoms with Crippen molar-refractivity contribution < 1.29 is 0 Å². The maximum Gasteiger partial charge on any atom is 0.0420 e. The first kappa shape index (κ1) is 21.3. The van der Waals surface area contributed by atoms with Crippen LogP contribution >= 0.6 is 0 Å². The molecule has 0 bridgehead atoms. The Hall–Kier alpha value is -4.45. The minimum atomic E-state index is 0.463. The van der Waals surface area contributed by atoms with Gasteiger partial charge >= 0.3 is 0 Å².